The predicted octanol–water partition coefficient (Wildman–Crippen LogP) is 0.464. The Bertz CT molecular complexity index is 350. The van der Waals surface area contributed by atoms with Gasteiger partial charge in [-0.05, 0) is 12.8 Å². The molecule has 17 heavy (non-hydrogen) atoms. The zero-order valence-corrected chi connectivity index (χ0v) is 9.40. The zero-order chi connectivity index (χ0) is 12.5. The van der Waals surface area contributed by atoms with Crippen molar-refractivity contribution in [1.29, 1.82) is 0 Å². The van der Waals surface area contributed by atoms with Crippen LogP contribution in [0.1, 0.15) is 25.1 Å². The molecule has 0 aliphatic rings. The van der Waals surface area contributed by atoms with E-state index in [2.05, 4.69) is 20.6 Å². The van der Waals surface area contributed by atoms with Gasteiger partial charge in [0.2, 0.25) is 0 Å². The van der Waals surface area contributed by atoms with Gasteiger partial charge in [-0.1, -0.05) is 0 Å². The van der Waals surface area contributed by atoms with Crippen LogP contribution >= 0.6 is 0 Å². The minimum atomic E-state index is -0.813. The first-order chi connectivity index (χ1) is 8.18. The maximum atomic E-state index is 11.3. The minimum absolute atomic E-state index is 0.135. The Balaban J connectivity index is 2.00. The molecule has 0 saturated heterocycles. The summed E-state index contributed by atoms with van der Waals surface area (Å²) in [6, 6.07) is -0.281. The van der Waals surface area contributed by atoms with Crippen molar-refractivity contribution >= 4 is 12.0 Å². The van der Waals surface area contributed by atoms with Gasteiger partial charge < -0.3 is 20.7 Å². The van der Waals surface area contributed by atoms with E-state index in [1.165, 1.54) is 0 Å². The van der Waals surface area contributed by atoms with Crippen molar-refractivity contribution in [2.75, 3.05) is 6.54 Å². The average Bonchev–Trinajstić information content (AvgIpc) is 2.78. The number of H-pyrrole nitrogens is 1. The molecule has 1 heterocycles. The first kappa shape index (κ1) is 13.0. The number of carbonyl (C=O) groups excluding carboxylic acids is 1. The number of rotatable bonds is 7. The standard InChI is InChI=1S/C10H16N4O3/c15-9(16)3-1-2-4-13-10(17)14-7-8-11-5-6-12-8/h5-6H,1-4,7H2,(H,11,12)(H,15,16)(H2,13,14,17). The lowest BCUT2D eigenvalue weighted by molar-refractivity contribution is -0.137. The molecule has 0 saturated carbocycles. The molecule has 4 N–H and O–H groups in total. The molecule has 0 aromatic carbocycles. The fourth-order valence-electron chi connectivity index (χ4n) is 1.22. The molecular formula is C10H16N4O3. The molecule has 0 spiro atoms. The number of aromatic nitrogens is 2. The number of aromatic amines is 1. The van der Waals surface area contributed by atoms with Crippen molar-refractivity contribution in [2.45, 2.75) is 25.8 Å². The van der Waals surface area contributed by atoms with E-state index in [0.717, 1.165) is 0 Å². The van der Waals surface area contributed by atoms with Gasteiger partial charge in [0.25, 0.3) is 0 Å². The Labute approximate surface area is 98.6 Å². The van der Waals surface area contributed by atoms with Gasteiger partial charge in [-0.2, -0.15) is 0 Å². The predicted molar refractivity (Wildman–Crippen MR) is 60.3 cm³/mol. The number of unbranched alkanes of at least 4 members (excludes halogenated alkanes) is 1. The molecule has 2 amide bonds. The maximum Gasteiger partial charge on any atom is 0.315 e. The third kappa shape index (κ3) is 6.18. The highest BCUT2D eigenvalue weighted by Gasteiger charge is 2.01. The highest BCUT2D eigenvalue weighted by molar-refractivity contribution is 5.73. The largest absolute Gasteiger partial charge is 0.481 e. The van der Waals surface area contributed by atoms with E-state index in [1.54, 1.807) is 12.4 Å². The monoisotopic (exact) mass is 240 g/mol. The number of imidazole rings is 1. The molecule has 0 unspecified atom stereocenters. The van der Waals surface area contributed by atoms with E-state index in [-0.39, 0.29) is 12.5 Å². The number of nitrogens with zero attached hydrogens (tertiary/aromatic N) is 1. The first-order valence-electron chi connectivity index (χ1n) is 5.40. The molecule has 1 aromatic heterocycles. The molecule has 0 aliphatic carbocycles. The minimum Gasteiger partial charge on any atom is -0.481 e. The number of hydrogen-bond donors (Lipinski definition) is 4. The Morgan fingerprint density at radius 1 is 1.35 bits per heavy atom. The lowest BCUT2D eigenvalue weighted by Gasteiger charge is -2.05. The van der Waals surface area contributed by atoms with Crippen molar-refractivity contribution in [3.63, 3.8) is 0 Å². The molecule has 0 radical (unpaired) electrons. The van der Waals surface area contributed by atoms with Crippen LogP contribution in [0.2, 0.25) is 0 Å². The fraction of sp³-hybridized carbons (Fsp3) is 0.500. The summed E-state index contributed by atoms with van der Waals surface area (Å²) >= 11 is 0. The summed E-state index contributed by atoms with van der Waals surface area (Å²) in [5, 5.41) is 13.7. The highest BCUT2D eigenvalue weighted by atomic mass is 16.4. The quantitative estimate of drug-likeness (QED) is 0.519. The molecule has 0 aliphatic heterocycles. The van der Waals surface area contributed by atoms with E-state index < -0.39 is 5.97 Å². The van der Waals surface area contributed by atoms with Crippen LogP contribution in [-0.2, 0) is 11.3 Å². The summed E-state index contributed by atoms with van der Waals surface area (Å²) < 4.78 is 0. The van der Waals surface area contributed by atoms with Gasteiger partial charge in [0.1, 0.15) is 5.82 Å². The lowest BCUT2D eigenvalue weighted by atomic mass is 10.2. The summed E-state index contributed by atoms with van der Waals surface area (Å²) in [5.74, 6) is -0.127. The van der Waals surface area contributed by atoms with E-state index in [0.29, 0.717) is 31.8 Å². The first-order valence-corrected chi connectivity index (χ1v) is 5.40. The molecule has 7 heteroatoms. The van der Waals surface area contributed by atoms with E-state index in [1.807, 2.05) is 0 Å². The van der Waals surface area contributed by atoms with Gasteiger partial charge in [-0.3, -0.25) is 4.79 Å². The van der Waals surface area contributed by atoms with Crippen molar-refractivity contribution in [2.24, 2.45) is 0 Å². The third-order valence-electron chi connectivity index (χ3n) is 2.07. The highest BCUT2D eigenvalue weighted by Crippen LogP contribution is 1.93. The number of amides is 2. The van der Waals surface area contributed by atoms with Crippen molar-refractivity contribution in [1.82, 2.24) is 20.6 Å². The normalized spacial score (nSPS) is 9.88. The molecule has 0 atom stereocenters. The molecule has 1 aromatic rings. The van der Waals surface area contributed by atoms with Gasteiger partial charge in [0.15, 0.2) is 0 Å². The summed E-state index contributed by atoms with van der Waals surface area (Å²) in [6.07, 6.45) is 4.64. The van der Waals surface area contributed by atoms with Crippen LogP contribution in [0.15, 0.2) is 12.4 Å². The lowest BCUT2D eigenvalue weighted by Crippen LogP contribution is -2.35. The summed E-state index contributed by atoms with van der Waals surface area (Å²) in [6.45, 7) is 0.811. The molecular weight excluding hydrogens is 224 g/mol. The summed E-state index contributed by atoms with van der Waals surface area (Å²) in [5.41, 5.74) is 0. The summed E-state index contributed by atoms with van der Waals surface area (Å²) in [7, 11) is 0. The smallest absolute Gasteiger partial charge is 0.315 e. The number of nitrogens with one attached hydrogen (secondary N) is 3. The van der Waals surface area contributed by atoms with Crippen molar-refractivity contribution < 1.29 is 14.7 Å². The molecule has 7 nitrogen and oxygen atoms in total. The van der Waals surface area contributed by atoms with E-state index in [4.69, 9.17) is 5.11 Å². The Hall–Kier alpha value is -2.05. The second kappa shape index (κ2) is 7.26. The van der Waals surface area contributed by atoms with E-state index >= 15 is 0 Å². The molecule has 94 valence electrons. The van der Waals surface area contributed by atoms with E-state index in [9.17, 15) is 9.59 Å². The van der Waals surface area contributed by atoms with Crippen LogP contribution in [0.3, 0.4) is 0 Å². The van der Waals surface area contributed by atoms with Gasteiger partial charge in [-0.15, -0.1) is 0 Å². The fourth-order valence-corrected chi connectivity index (χ4v) is 1.22. The van der Waals surface area contributed by atoms with Gasteiger partial charge in [0, 0.05) is 25.4 Å². The Morgan fingerprint density at radius 2 is 2.18 bits per heavy atom. The van der Waals surface area contributed by atoms with Gasteiger partial charge in [-0.25, -0.2) is 9.78 Å². The molecule has 0 fully saturated rings. The second-order valence-electron chi connectivity index (χ2n) is 3.50. The number of carboxylic acid groups (broad SMARTS) is 1. The topological polar surface area (TPSA) is 107 Å². The zero-order valence-electron chi connectivity index (χ0n) is 9.40. The van der Waals surface area contributed by atoms with Crippen molar-refractivity contribution in [3.8, 4) is 0 Å². The van der Waals surface area contributed by atoms with Crippen LogP contribution in [0.25, 0.3) is 0 Å². The summed E-state index contributed by atoms with van der Waals surface area (Å²) in [4.78, 5) is 28.3. The van der Waals surface area contributed by atoms with Gasteiger partial charge in [0.05, 0.1) is 6.54 Å². The Kier molecular flexibility index (Phi) is 5.56. The van der Waals surface area contributed by atoms with Crippen LogP contribution in [0, 0.1) is 0 Å². The van der Waals surface area contributed by atoms with Crippen LogP contribution in [0.5, 0.6) is 0 Å². The van der Waals surface area contributed by atoms with Crippen LogP contribution in [-0.4, -0.2) is 33.6 Å². The van der Waals surface area contributed by atoms with Crippen LogP contribution < -0.4 is 10.6 Å². The number of aliphatic carboxylic acids is 1. The average molecular weight is 240 g/mol. The second-order valence-corrected chi connectivity index (χ2v) is 3.50. The molecule has 0 bridgehead atoms. The SMILES string of the molecule is O=C(O)CCCCNC(=O)NCc1ncc[nH]1. The number of carboxylic acids is 1. The maximum absolute atomic E-state index is 11.3. The van der Waals surface area contributed by atoms with Gasteiger partial charge >= 0.3 is 12.0 Å². The Morgan fingerprint density at radius 3 is 2.82 bits per heavy atom. The number of hydrogen-bond acceptors (Lipinski definition) is 3. The number of urea groups is 1. The van der Waals surface area contributed by atoms with Crippen LogP contribution in [0.4, 0.5) is 4.79 Å². The molecule has 1 rings (SSSR count). The third-order valence-corrected chi connectivity index (χ3v) is 2.07. The number of carbonyl (C=O) groups is 2. The van der Waals surface area contributed by atoms with Crippen molar-refractivity contribution in [3.05, 3.63) is 18.2 Å².